The number of carbonyl (C=O) groups excluding carboxylic acids is 3. The first-order chi connectivity index (χ1) is 12.3. The van der Waals surface area contributed by atoms with Crippen LogP contribution in [-0.2, 0) is 9.59 Å². The first kappa shape index (κ1) is 18.4. The molecular weight excluding hydrogens is 447 g/mol. The zero-order valence-corrected chi connectivity index (χ0v) is 15.9. The van der Waals surface area contributed by atoms with Crippen molar-refractivity contribution in [1.29, 1.82) is 0 Å². The minimum absolute atomic E-state index is 0.0343. The van der Waals surface area contributed by atoms with Crippen molar-refractivity contribution < 1.29 is 19.5 Å². The maximum atomic E-state index is 12.7. The third-order valence-electron chi connectivity index (χ3n) is 3.52. The summed E-state index contributed by atoms with van der Waals surface area (Å²) in [5, 5.41) is 11.7. The average molecular weight is 456 g/mol. The molecule has 0 spiro atoms. The number of phenols is 1. The second-order valence-electron chi connectivity index (χ2n) is 5.27. The Morgan fingerprint density at radius 1 is 1.08 bits per heavy atom. The van der Waals surface area contributed by atoms with Crippen molar-refractivity contribution in [3.63, 3.8) is 0 Å². The number of urea groups is 1. The van der Waals surface area contributed by atoms with Gasteiger partial charge in [-0.2, -0.15) is 0 Å². The van der Waals surface area contributed by atoms with Gasteiger partial charge in [-0.3, -0.25) is 14.9 Å². The summed E-state index contributed by atoms with van der Waals surface area (Å²) in [5.41, 5.74) is 0.337. The quantitative estimate of drug-likeness (QED) is 0.526. The zero-order valence-electron chi connectivity index (χ0n) is 12.8. The van der Waals surface area contributed by atoms with Crippen LogP contribution in [0, 0.1) is 0 Å². The Balaban J connectivity index is 2.06. The highest BCUT2D eigenvalue weighted by molar-refractivity contribution is 9.10. The molecule has 0 radical (unpaired) electrons. The summed E-state index contributed by atoms with van der Waals surface area (Å²) in [6.07, 6.45) is 1.24. The number of imide groups is 2. The Labute approximate surface area is 166 Å². The molecule has 1 aliphatic heterocycles. The molecule has 3 rings (SSSR count). The number of barbiturate groups is 1. The number of phenolic OH excluding ortho intramolecular Hbond substituents is 1. The topological polar surface area (TPSA) is 86.7 Å². The summed E-state index contributed by atoms with van der Waals surface area (Å²) in [6.45, 7) is 0. The van der Waals surface area contributed by atoms with Gasteiger partial charge in [-0.25, -0.2) is 9.69 Å². The molecule has 0 atom stereocenters. The molecule has 0 saturated carbocycles. The summed E-state index contributed by atoms with van der Waals surface area (Å²) in [5.74, 6) is -1.94. The smallest absolute Gasteiger partial charge is 0.335 e. The monoisotopic (exact) mass is 454 g/mol. The molecule has 0 bridgehead atoms. The Kier molecular flexibility index (Phi) is 5.04. The normalized spacial score (nSPS) is 16.2. The van der Waals surface area contributed by atoms with Gasteiger partial charge in [-0.15, -0.1) is 0 Å². The minimum atomic E-state index is -0.850. The lowest BCUT2D eigenvalue weighted by atomic mass is 10.1. The lowest BCUT2D eigenvalue weighted by Gasteiger charge is -2.26. The lowest BCUT2D eigenvalue weighted by Crippen LogP contribution is -2.54. The van der Waals surface area contributed by atoms with E-state index in [2.05, 4.69) is 21.2 Å². The molecule has 1 saturated heterocycles. The Morgan fingerprint density at radius 2 is 1.73 bits per heavy atom. The van der Waals surface area contributed by atoms with Crippen LogP contribution in [0.5, 0.6) is 5.75 Å². The molecule has 4 amide bonds. The van der Waals surface area contributed by atoms with Crippen LogP contribution >= 0.6 is 39.1 Å². The highest BCUT2D eigenvalue weighted by Gasteiger charge is 2.36. The summed E-state index contributed by atoms with van der Waals surface area (Å²) in [6, 6.07) is 8.35. The van der Waals surface area contributed by atoms with Gasteiger partial charge in [0.15, 0.2) is 5.75 Å². The number of hydrogen-bond acceptors (Lipinski definition) is 4. The van der Waals surface area contributed by atoms with E-state index in [1.807, 2.05) is 0 Å². The van der Waals surface area contributed by atoms with Crippen molar-refractivity contribution in [2.24, 2.45) is 0 Å². The predicted octanol–water partition coefficient (Wildman–Crippen LogP) is 4.13. The number of carbonyl (C=O) groups is 3. The van der Waals surface area contributed by atoms with Gasteiger partial charge in [-0.05, 0) is 42.0 Å². The fourth-order valence-electron chi connectivity index (χ4n) is 2.34. The maximum Gasteiger partial charge on any atom is 0.335 e. The molecule has 6 nitrogen and oxygen atoms in total. The van der Waals surface area contributed by atoms with Gasteiger partial charge in [0.25, 0.3) is 11.8 Å². The van der Waals surface area contributed by atoms with Crippen LogP contribution < -0.4 is 10.2 Å². The van der Waals surface area contributed by atoms with E-state index >= 15 is 0 Å². The number of amides is 4. The molecule has 1 aliphatic rings. The number of rotatable bonds is 2. The SMILES string of the molecule is O=C1NC(=O)N(c2cccc(Br)c2)C(=O)C1=Cc1cc(Cl)c(O)c(Cl)c1. The van der Waals surface area contributed by atoms with Gasteiger partial charge in [0.1, 0.15) is 5.57 Å². The molecule has 2 aromatic rings. The standard InChI is InChI=1S/C17H9BrCl2N2O4/c18-9-2-1-3-10(7-9)22-16(25)11(15(24)21-17(22)26)4-8-5-12(19)14(23)13(20)6-8/h1-7,23H,(H,21,24,26). The molecule has 132 valence electrons. The largest absolute Gasteiger partial charge is 0.505 e. The van der Waals surface area contributed by atoms with Gasteiger partial charge in [0, 0.05) is 4.47 Å². The van der Waals surface area contributed by atoms with E-state index in [1.165, 1.54) is 18.2 Å². The number of aromatic hydroxyl groups is 1. The fourth-order valence-corrected chi connectivity index (χ4v) is 3.23. The van der Waals surface area contributed by atoms with Crippen LogP contribution in [0.1, 0.15) is 5.56 Å². The van der Waals surface area contributed by atoms with E-state index in [9.17, 15) is 19.5 Å². The summed E-state index contributed by atoms with van der Waals surface area (Å²) in [7, 11) is 0. The summed E-state index contributed by atoms with van der Waals surface area (Å²) in [4.78, 5) is 37.9. The van der Waals surface area contributed by atoms with Crippen molar-refractivity contribution in [2.45, 2.75) is 0 Å². The zero-order chi connectivity index (χ0) is 19.0. The number of anilines is 1. The third kappa shape index (κ3) is 3.46. The molecule has 9 heteroatoms. The van der Waals surface area contributed by atoms with Crippen LogP contribution in [-0.4, -0.2) is 23.0 Å². The Morgan fingerprint density at radius 3 is 2.35 bits per heavy atom. The van der Waals surface area contributed by atoms with Crippen molar-refractivity contribution >= 4 is 68.7 Å². The molecule has 2 N–H and O–H groups in total. The van der Waals surface area contributed by atoms with E-state index in [1.54, 1.807) is 24.3 Å². The number of nitrogens with one attached hydrogen (secondary N) is 1. The van der Waals surface area contributed by atoms with Crippen LogP contribution in [0.15, 0.2) is 46.4 Å². The van der Waals surface area contributed by atoms with E-state index in [4.69, 9.17) is 23.2 Å². The van der Waals surface area contributed by atoms with Gasteiger partial charge < -0.3 is 5.11 Å². The van der Waals surface area contributed by atoms with Crippen molar-refractivity contribution in [3.8, 4) is 5.75 Å². The molecule has 0 aliphatic carbocycles. The number of halogens is 3. The molecule has 1 fully saturated rings. The molecule has 0 aromatic heterocycles. The highest BCUT2D eigenvalue weighted by Crippen LogP contribution is 2.34. The van der Waals surface area contributed by atoms with E-state index in [0.29, 0.717) is 15.7 Å². The van der Waals surface area contributed by atoms with Gasteiger partial charge in [0.05, 0.1) is 15.7 Å². The van der Waals surface area contributed by atoms with Crippen molar-refractivity contribution in [3.05, 3.63) is 62.1 Å². The van der Waals surface area contributed by atoms with E-state index in [0.717, 1.165) is 4.90 Å². The van der Waals surface area contributed by atoms with E-state index < -0.39 is 17.8 Å². The van der Waals surface area contributed by atoms with Crippen molar-refractivity contribution in [1.82, 2.24) is 5.32 Å². The number of nitrogens with zero attached hydrogens (tertiary/aromatic N) is 1. The van der Waals surface area contributed by atoms with Crippen LogP contribution in [0.4, 0.5) is 10.5 Å². The first-order valence-corrected chi connectivity index (χ1v) is 8.68. The Hall–Kier alpha value is -2.35. The highest BCUT2D eigenvalue weighted by atomic mass is 79.9. The fraction of sp³-hybridized carbons (Fsp3) is 0. The molecular formula is C17H9BrCl2N2O4. The van der Waals surface area contributed by atoms with E-state index in [-0.39, 0.29) is 21.4 Å². The van der Waals surface area contributed by atoms with Crippen LogP contribution in [0.25, 0.3) is 6.08 Å². The van der Waals surface area contributed by atoms with Gasteiger partial charge in [-0.1, -0.05) is 45.2 Å². The molecule has 2 aromatic carbocycles. The predicted molar refractivity (Wildman–Crippen MR) is 101 cm³/mol. The summed E-state index contributed by atoms with van der Waals surface area (Å²) < 4.78 is 0.662. The second-order valence-corrected chi connectivity index (χ2v) is 7.00. The lowest BCUT2D eigenvalue weighted by molar-refractivity contribution is -0.122. The second kappa shape index (κ2) is 7.11. The number of benzene rings is 2. The first-order valence-electron chi connectivity index (χ1n) is 7.13. The van der Waals surface area contributed by atoms with Crippen molar-refractivity contribution in [2.75, 3.05) is 4.90 Å². The molecule has 0 unspecified atom stereocenters. The molecule has 26 heavy (non-hydrogen) atoms. The van der Waals surface area contributed by atoms with Crippen LogP contribution in [0.3, 0.4) is 0 Å². The summed E-state index contributed by atoms with van der Waals surface area (Å²) >= 11 is 15.0. The van der Waals surface area contributed by atoms with Gasteiger partial charge in [0.2, 0.25) is 0 Å². The minimum Gasteiger partial charge on any atom is -0.505 e. The molecule has 1 heterocycles. The third-order valence-corrected chi connectivity index (χ3v) is 4.59. The Bertz CT molecular complexity index is 967. The van der Waals surface area contributed by atoms with Crippen LogP contribution in [0.2, 0.25) is 10.0 Å². The average Bonchev–Trinajstić information content (AvgIpc) is 2.56. The van der Waals surface area contributed by atoms with Gasteiger partial charge >= 0.3 is 6.03 Å². The number of hydrogen-bond donors (Lipinski definition) is 2. The maximum absolute atomic E-state index is 12.7.